The van der Waals surface area contributed by atoms with Crippen LogP contribution < -0.4 is 0 Å². The molecule has 0 atom stereocenters. The van der Waals surface area contributed by atoms with Gasteiger partial charge in [0, 0.05) is 18.9 Å². The Hall–Kier alpha value is -0.790. The summed E-state index contributed by atoms with van der Waals surface area (Å²) in [5, 5.41) is 4.15. The molecule has 0 unspecified atom stereocenters. The fourth-order valence-corrected chi connectivity index (χ4v) is 1.26. The van der Waals surface area contributed by atoms with Gasteiger partial charge < -0.3 is 0 Å². The Labute approximate surface area is 74.6 Å². The Kier molecular flexibility index (Phi) is 3.85. The van der Waals surface area contributed by atoms with Crippen molar-refractivity contribution >= 4 is 0 Å². The first-order chi connectivity index (χ1) is 5.79. The van der Waals surface area contributed by atoms with Crippen molar-refractivity contribution in [3.05, 3.63) is 18.5 Å². The number of hydrogen-bond donors (Lipinski definition) is 0. The highest BCUT2D eigenvalue weighted by molar-refractivity contribution is 4.77. The van der Waals surface area contributed by atoms with Gasteiger partial charge in [-0.1, -0.05) is 26.7 Å². The van der Waals surface area contributed by atoms with Crippen molar-refractivity contribution in [2.75, 3.05) is 0 Å². The third kappa shape index (κ3) is 3.56. The molecule has 0 amide bonds. The van der Waals surface area contributed by atoms with Gasteiger partial charge in [-0.15, -0.1) is 0 Å². The Balaban J connectivity index is 2.04. The molecular formula is C10H18N2. The first kappa shape index (κ1) is 9.30. The van der Waals surface area contributed by atoms with Crippen LogP contribution in [0.25, 0.3) is 0 Å². The van der Waals surface area contributed by atoms with Crippen molar-refractivity contribution in [3.63, 3.8) is 0 Å². The third-order valence-electron chi connectivity index (χ3n) is 1.98. The lowest BCUT2D eigenvalue weighted by Crippen LogP contribution is -1.98. The summed E-state index contributed by atoms with van der Waals surface area (Å²) in [6, 6.07) is 1.97. The van der Waals surface area contributed by atoms with Gasteiger partial charge in [-0.2, -0.15) is 5.10 Å². The molecule has 0 aliphatic carbocycles. The molecular weight excluding hydrogens is 148 g/mol. The number of rotatable bonds is 5. The molecule has 0 aromatic carbocycles. The topological polar surface area (TPSA) is 17.8 Å². The number of aryl methyl sites for hydroxylation is 1. The summed E-state index contributed by atoms with van der Waals surface area (Å²) in [6.45, 7) is 5.61. The molecule has 0 fully saturated rings. The van der Waals surface area contributed by atoms with Gasteiger partial charge in [0.1, 0.15) is 0 Å². The van der Waals surface area contributed by atoms with Gasteiger partial charge in [-0.3, -0.25) is 4.68 Å². The van der Waals surface area contributed by atoms with Crippen LogP contribution >= 0.6 is 0 Å². The van der Waals surface area contributed by atoms with Gasteiger partial charge in [0.15, 0.2) is 0 Å². The van der Waals surface area contributed by atoms with Gasteiger partial charge in [0.05, 0.1) is 0 Å². The zero-order valence-corrected chi connectivity index (χ0v) is 8.03. The molecule has 0 saturated carbocycles. The van der Waals surface area contributed by atoms with E-state index in [1.807, 2.05) is 23.1 Å². The maximum Gasteiger partial charge on any atom is 0.0489 e. The van der Waals surface area contributed by atoms with E-state index < -0.39 is 0 Å². The van der Waals surface area contributed by atoms with Crippen molar-refractivity contribution in [2.45, 2.75) is 39.7 Å². The zero-order valence-electron chi connectivity index (χ0n) is 8.03. The van der Waals surface area contributed by atoms with E-state index in [0.717, 1.165) is 12.5 Å². The second kappa shape index (κ2) is 4.96. The maximum absolute atomic E-state index is 4.15. The summed E-state index contributed by atoms with van der Waals surface area (Å²) in [6.07, 6.45) is 7.76. The molecule has 1 rings (SSSR count). The normalized spacial score (nSPS) is 10.9. The van der Waals surface area contributed by atoms with E-state index in [4.69, 9.17) is 0 Å². The largest absolute Gasteiger partial charge is 0.273 e. The monoisotopic (exact) mass is 166 g/mol. The first-order valence-electron chi connectivity index (χ1n) is 4.76. The molecule has 0 N–H and O–H groups in total. The summed E-state index contributed by atoms with van der Waals surface area (Å²) < 4.78 is 2.00. The molecule has 0 aliphatic rings. The Morgan fingerprint density at radius 1 is 1.33 bits per heavy atom. The molecule has 0 bridgehead atoms. The number of aromatic nitrogens is 2. The molecule has 0 spiro atoms. The number of nitrogens with zero attached hydrogens (tertiary/aromatic N) is 2. The molecule has 0 aliphatic heterocycles. The number of unbranched alkanes of at least 4 members (excludes halogenated alkanes) is 1. The van der Waals surface area contributed by atoms with Crippen LogP contribution in [-0.2, 0) is 6.54 Å². The molecule has 1 aromatic rings. The average molecular weight is 166 g/mol. The van der Waals surface area contributed by atoms with Gasteiger partial charge in [0.25, 0.3) is 0 Å². The minimum absolute atomic E-state index is 0.836. The van der Waals surface area contributed by atoms with Gasteiger partial charge in [-0.25, -0.2) is 0 Å². The minimum Gasteiger partial charge on any atom is -0.273 e. The smallest absolute Gasteiger partial charge is 0.0489 e. The minimum atomic E-state index is 0.836. The molecule has 68 valence electrons. The van der Waals surface area contributed by atoms with Crippen LogP contribution in [0.5, 0.6) is 0 Å². The van der Waals surface area contributed by atoms with Crippen molar-refractivity contribution in [1.29, 1.82) is 0 Å². The summed E-state index contributed by atoms with van der Waals surface area (Å²) >= 11 is 0. The molecule has 0 radical (unpaired) electrons. The van der Waals surface area contributed by atoms with Crippen molar-refractivity contribution in [1.82, 2.24) is 9.78 Å². The van der Waals surface area contributed by atoms with E-state index in [0.29, 0.717) is 0 Å². The van der Waals surface area contributed by atoms with Crippen molar-refractivity contribution < 1.29 is 0 Å². The molecule has 2 nitrogen and oxygen atoms in total. The third-order valence-corrected chi connectivity index (χ3v) is 1.98. The summed E-state index contributed by atoms with van der Waals surface area (Å²) in [7, 11) is 0. The number of hydrogen-bond acceptors (Lipinski definition) is 1. The lowest BCUT2D eigenvalue weighted by Gasteiger charge is -2.03. The van der Waals surface area contributed by atoms with Crippen LogP contribution in [0, 0.1) is 5.92 Å². The van der Waals surface area contributed by atoms with Gasteiger partial charge in [0.2, 0.25) is 0 Å². The fraction of sp³-hybridized carbons (Fsp3) is 0.700. The van der Waals surface area contributed by atoms with Crippen LogP contribution in [0.4, 0.5) is 0 Å². The van der Waals surface area contributed by atoms with E-state index in [9.17, 15) is 0 Å². The van der Waals surface area contributed by atoms with E-state index in [-0.39, 0.29) is 0 Å². The standard InChI is InChI=1S/C10H18N2/c1-10(2)6-3-4-8-12-9-5-7-11-12/h5,7,9-10H,3-4,6,8H2,1-2H3. The average Bonchev–Trinajstić information content (AvgIpc) is 2.49. The van der Waals surface area contributed by atoms with E-state index in [2.05, 4.69) is 18.9 Å². The Morgan fingerprint density at radius 2 is 2.17 bits per heavy atom. The van der Waals surface area contributed by atoms with Crippen molar-refractivity contribution in [3.8, 4) is 0 Å². The summed E-state index contributed by atoms with van der Waals surface area (Å²) in [5.41, 5.74) is 0. The molecule has 1 aromatic heterocycles. The predicted octanol–water partition coefficient (Wildman–Crippen LogP) is 2.71. The second-order valence-electron chi connectivity index (χ2n) is 3.66. The highest BCUT2D eigenvalue weighted by atomic mass is 15.3. The maximum atomic E-state index is 4.15. The Bertz CT molecular complexity index is 190. The van der Waals surface area contributed by atoms with Crippen LogP contribution in [-0.4, -0.2) is 9.78 Å². The SMILES string of the molecule is CC(C)CCCCn1cccn1. The quantitative estimate of drug-likeness (QED) is 0.615. The highest BCUT2D eigenvalue weighted by Crippen LogP contribution is 2.06. The van der Waals surface area contributed by atoms with E-state index >= 15 is 0 Å². The van der Waals surface area contributed by atoms with E-state index in [1.54, 1.807) is 0 Å². The fourth-order valence-electron chi connectivity index (χ4n) is 1.26. The van der Waals surface area contributed by atoms with E-state index in [1.165, 1.54) is 19.3 Å². The van der Waals surface area contributed by atoms with Gasteiger partial charge in [-0.05, 0) is 18.4 Å². The molecule has 1 heterocycles. The molecule has 0 saturated heterocycles. The predicted molar refractivity (Wildman–Crippen MR) is 50.9 cm³/mol. The van der Waals surface area contributed by atoms with Crippen LogP contribution in [0.3, 0.4) is 0 Å². The van der Waals surface area contributed by atoms with Crippen LogP contribution in [0.1, 0.15) is 33.1 Å². The van der Waals surface area contributed by atoms with Crippen LogP contribution in [0.15, 0.2) is 18.5 Å². The Morgan fingerprint density at radius 3 is 2.75 bits per heavy atom. The zero-order chi connectivity index (χ0) is 8.81. The van der Waals surface area contributed by atoms with Crippen LogP contribution in [0.2, 0.25) is 0 Å². The van der Waals surface area contributed by atoms with Gasteiger partial charge >= 0.3 is 0 Å². The molecule has 2 heteroatoms. The lowest BCUT2D eigenvalue weighted by molar-refractivity contribution is 0.492. The van der Waals surface area contributed by atoms with Crippen molar-refractivity contribution in [2.24, 2.45) is 5.92 Å². The lowest BCUT2D eigenvalue weighted by atomic mass is 10.1. The highest BCUT2D eigenvalue weighted by Gasteiger charge is 1.94. The summed E-state index contributed by atoms with van der Waals surface area (Å²) in [4.78, 5) is 0. The second-order valence-corrected chi connectivity index (χ2v) is 3.66. The first-order valence-corrected chi connectivity index (χ1v) is 4.76. The summed E-state index contributed by atoms with van der Waals surface area (Å²) in [5.74, 6) is 0.836. The molecule has 12 heavy (non-hydrogen) atoms.